The summed E-state index contributed by atoms with van der Waals surface area (Å²) in [7, 11) is 5.27. The fourth-order valence-electron chi connectivity index (χ4n) is 1.10. The van der Waals surface area contributed by atoms with Gasteiger partial charge in [0.25, 0.3) is 0 Å². The molecule has 5 nitrogen and oxygen atoms in total. The zero-order valence-electron chi connectivity index (χ0n) is 9.12. The van der Waals surface area contributed by atoms with Gasteiger partial charge in [0.15, 0.2) is 0 Å². The van der Waals surface area contributed by atoms with Crippen LogP contribution in [0.1, 0.15) is 6.42 Å². The Labute approximate surface area is 85.0 Å². The average molecular weight is 204 g/mol. The Kier molecular flexibility index (Phi) is 7.37. The van der Waals surface area contributed by atoms with Gasteiger partial charge in [-0.1, -0.05) is 0 Å². The van der Waals surface area contributed by atoms with Crippen LogP contribution in [0.25, 0.3) is 0 Å². The Balaban J connectivity index is 3.62. The topological polar surface area (TPSA) is 61.8 Å². The van der Waals surface area contributed by atoms with Gasteiger partial charge in [-0.2, -0.15) is 0 Å². The second-order valence-electron chi connectivity index (χ2n) is 3.26. The molecular formula is C9H20N2O3. The molecule has 0 aromatic rings. The van der Waals surface area contributed by atoms with Crippen LogP contribution in [0.5, 0.6) is 0 Å². The van der Waals surface area contributed by atoms with Crippen molar-refractivity contribution >= 4 is 5.97 Å². The molecular weight excluding hydrogens is 184 g/mol. The molecule has 0 aliphatic rings. The van der Waals surface area contributed by atoms with Crippen molar-refractivity contribution in [3.8, 4) is 0 Å². The maximum atomic E-state index is 10.7. The van der Waals surface area contributed by atoms with E-state index in [-0.39, 0.29) is 0 Å². The van der Waals surface area contributed by atoms with E-state index in [2.05, 4.69) is 10.2 Å². The minimum absolute atomic E-state index is 0.458. The van der Waals surface area contributed by atoms with Gasteiger partial charge in [0.2, 0.25) is 0 Å². The first-order valence-electron chi connectivity index (χ1n) is 4.69. The zero-order chi connectivity index (χ0) is 11.0. The number of likely N-dealkylation sites (N-methyl/N-ethyl adjacent to an activating group) is 2. The van der Waals surface area contributed by atoms with Crippen molar-refractivity contribution in [3.05, 3.63) is 0 Å². The van der Waals surface area contributed by atoms with E-state index < -0.39 is 12.0 Å². The molecule has 5 heteroatoms. The molecule has 2 N–H and O–H groups in total. The number of hydrogen-bond acceptors (Lipinski definition) is 4. The molecule has 1 unspecified atom stereocenters. The molecule has 84 valence electrons. The lowest BCUT2D eigenvalue weighted by Gasteiger charge is -2.18. The molecule has 0 bridgehead atoms. The lowest BCUT2D eigenvalue weighted by atomic mass is 10.2. The van der Waals surface area contributed by atoms with Crippen molar-refractivity contribution in [2.24, 2.45) is 0 Å². The van der Waals surface area contributed by atoms with E-state index in [1.165, 1.54) is 0 Å². The number of aliphatic carboxylic acids is 1. The number of nitrogens with zero attached hydrogens (tertiary/aromatic N) is 1. The Bertz CT molecular complexity index is 164. The summed E-state index contributed by atoms with van der Waals surface area (Å²) in [5.74, 6) is -0.798. The van der Waals surface area contributed by atoms with E-state index in [0.717, 1.165) is 13.1 Å². The molecule has 0 saturated carbocycles. The molecule has 14 heavy (non-hydrogen) atoms. The third-order valence-electron chi connectivity index (χ3n) is 2.12. The highest BCUT2D eigenvalue weighted by Gasteiger charge is 2.14. The first-order valence-corrected chi connectivity index (χ1v) is 4.69. The lowest BCUT2D eigenvalue weighted by molar-refractivity contribution is -0.139. The van der Waals surface area contributed by atoms with Crippen molar-refractivity contribution in [2.75, 3.05) is 40.9 Å². The Morgan fingerprint density at radius 1 is 1.57 bits per heavy atom. The van der Waals surface area contributed by atoms with Crippen LogP contribution < -0.4 is 5.32 Å². The Hall–Kier alpha value is -0.650. The first kappa shape index (κ1) is 13.4. The fourth-order valence-corrected chi connectivity index (χ4v) is 1.10. The summed E-state index contributed by atoms with van der Waals surface area (Å²) >= 11 is 0. The summed E-state index contributed by atoms with van der Waals surface area (Å²) in [6.07, 6.45) is 0.603. The van der Waals surface area contributed by atoms with Gasteiger partial charge in [0, 0.05) is 13.7 Å². The van der Waals surface area contributed by atoms with E-state index >= 15 is 0 Å². The van der Waals surface area contributed by atoms with Gasteiger partial charge in [-0.3, -0.25) is 4.79 Å². The molecule has 0 aromatic carbocycles. The third-order valence-corrected chi connectivity index (χ3v) is 2.12. The standard InChI is InChI=1S/C9H20N2O3/c1-10-8(9(12)13)4-5-11(2)6-7-14-3/h8,10H,4-7H2,1-3H3,(H,12,13). The van der Waals surface area contributed by atoms with Crippen molar-refractivity contribution < 1.29 is 14.6 Å². The van der Waals surface area contributed by atoms with Crippen molar-refractivity contribution in [1.82, 2.24) is 10.2 Å². The summed E-state index contributed by atoms with van der Waals surface area (Å²) in [4.78, 5) is 12.7. The van der Waals surface area contributed by atoms with Crippen molar-refractivity contribution in [2.45, 2.75) is 12.5 Å². The van der Waals surface area contributed by atoms with Crippen LogP contribution in [0, 0.1) is 0 Å². The number of methoxy groups -OCH3 is 1. The van der Waals surface area contributed by atoms with Gasteiger partial charge in [-0.15, -0.1) is 0 Å². The number of hydrogen-bond donors (Lipinski definition) is 2. The summed E-state index contributed by atoms with van der Waals surface area (Å²) in [6, 6.07) is -0.458. The van der Waals surface area contributed by atoms with Crippen LogP contribution >= 0.6 is 0 Å². The summed E-state index contributed by atoms with van der Waals surface area (Å²) in [5, 5.41) is 11.5. The van der Waals surface area contributed by atoms with Gasteiger partial charge in [-0.05, 0) is 27.1 Å². The minimum Gasteiger partial charge on any atom is -0.480 e. The normalized spacial score (nSPS) is 13.1. The van der Waals surface area contributed by atoms with Gasteiger partial charge in [0.1, 0.15) is 6.04 Å². The number of nitrogens with one attached hydrogen (secondary N) is 1. The second kappa shape index (κ2) is 7.73. The van der Waals surface area contributed by atoms with E-state index in [9.17, 15) is 4.79 Å². The van der Waals surface area contributed by atoms with E-state index in [1.54, 1.807) is 14.2 Å². The van der Waals surface area contributed by atoms with Gasteiger partial charge in [-0.25, -0.2) is 0 Å². The van der Waals surface area contributed by atoms with Gasteiger partial charge >= 0.3 is 5.97 Å². The second-order valence-corrected chi connectivity index (χ2v) is 3.26. The molecule has 0 radical (unpaired) electrons. The Morgan fingerprint density at radius 3 is 2.64 bits per heavy atom. The summed E-state index contributed by atoms with van der Waals surface area (Å²) in [5.41, 5.74) is 0. The maximum absolute atomic E-state index is 10.7. The quantitative estimate of drug-likeness (QED) is 0.565. The zero-order valence-corrected chi connectivity index (χ0v) is 9.12. The SMILES string of the molecule is CNC(CCN(C)CCOC)C(=O)O. The van der Waals surface area contributed by atoms with Gasteiger partial charge < -0.3 is 20.1 Å². The number of carboxylic acids is 1. The molecule has 0 aliphatic heterocycles. The molecule has 1 atom stereocenters. The molecule has 0 amide bonds. The number of carbonyl (C=O) groups is 1. The Morgan fingerprint density at radius 2 is 2.21 bits per heavy atom. The minimum atomic E-state index is -0.798. The molecule has 0 saturated heterocycles. The van der Waals surface area contributed by atoms with Crippen LogP contribution in [-0.2, 0) is 9.53 Å². The molecule has 0 spiro atoms. The average Bonchev–Trinajstić information content (AvgIpc) is 2.15. The molecule has 0 fully saturated rings. The summed E-state index contributed by atoms with van der Waals surface area (Å²) in [6.45, 7) is 2.25. The number of carboxylic acid groups (broad SMARTS) is 1. The predicted octanol–water partition coefficient (Wildman–Crippen LogP) is -0.373. The highest BCUT2D eigenvalue weighted by Crippen LogP contribution is 1.94. The highest BCUT2D eigenvalue weighted by atomic mass is 16.5. The third kappa shape index (κ3) is 5.90. The van der Waals surface area contributed by atoms with E-state index in [4.69, 9.17) is 9.84 Å². The number of ether oxygens (including phenoxy) is 1. The largest absolute Gasteiger partial charge is 0.480 e. The van der Waals surface area contributed by atoms with Crippen LogP contribution in [0.3, 0.4) is 0 Å². The van der Waals surface area contributed by atoms with Crippen LogP contribution in [0.2, 0.25) is 0 Å². The first-order chi connectivity index (χ1) is 6.61. The summed E-state index contributed by atoms with van der Waals surface area (Å²) < 4.78 is 4.92. The van der Waals surface area contributed by atoms with E-state index in [1.807, 2.05) is 7.05 Å². The van der Waals surface area contributed by atoms with Gasteiger partial charge in [0.05, 0.1) is 6.61 Å². The van der Waals surface area contributed by atoms with Crippen molar-refractivity contribution in [3.63, 3.8) is 0 Å². The number of rotatable bonds is 8. The molecule has 0 heterocycles. The lowest BCUT2D eigenvalue weighted by Crippen LogP contribution is -2.37. The smallest absolute Gasteiger partial charge is 0.320 e. The monoisotopic (exact) mass is 204 g/mol. The van der Waals surface area contributed by atoms with Crippen LogP contribution in [0.4, 0.5) is 0 Å². The molecule has 0 aliphatic carbocycles. The molecule has 0 aromatic heterocycles. The highest BCUT2D eigenvalue weighted by molar-refractivity contribution is 5.73. The van der Waals surface area contributed by atoms with E-state index in [0.29, 0.717) is 13.0 Å². The molecule has 0 rings (SSSR count). The van der Waals surface area contributed by atoms with Crippen molar-refractivity contribution in [1.29, 1.82) is 0 Å². The fraction of sp³-hybridized carbons (Fsp3) is 0.889. The van der Waals surface area contributed by atoms with Crippen LogP contribution in [-0.4, -0.2) is 62.9 Å². The predicted molar refractivity (Wildman–Crippen MR) is 54.5 cm³/mol. The maximum Gasteiger partial charge on any atom is 0.320 e. The van der Waals surface area contributed by atoms with Crippen LogP contribution in [0.15, 0.2) is 0 Å².